The highest BCUT2D eigenvalue weighted by Gasteiger charge is 2.50. The molecule has 3 aliphatic heterocycles. The molecule has 2 saturated heterocycles. The largest absolute Gasteiger partial charge is 0.454 e. The number of nitrogens with zero attached hydrogens (tertiary/aromatic N) is 2. The average Bonchev–Trinajstić information content (AvgIpc) is 3.19. The summed E-state index contributed by atoms with van der Waals surface area (Å²) in [6.45, 7) is 7.06. The smallest absolute Gasteiger partial charge is 0.325 e. The predicted octanol–water partition coefficient (Wildman–Crippen LogP) is 1.69. The van der Waals surface area contributed by atoms with Crippen molar-refractivity contribution in [1.82, 2.24) is 15.1 Å². The van der Waals surface area contributed by atoms with Gasteiger partial charge >= 0.3 is 6.03 Å². The topological polar surface area (TPSA) is 88.2 Å². The molecular weight excluding hydrogens is 362 g/mol. The lowest BCUT2D eigenvalue weighted by Gasteiger charge is -2.35. The van der Waals surface area contributed by atoms with Gasteiger partial charge in [0, 0.05) is 13.1 Å². The van der Waals surface area contributed by atoms with E-state index in [0.29, 0.717) is 42.0 Å². The van der Waals surface area contributed by atoms with Gasteiger partial charge in [-0.2, -0.15) is 0 Å². The third-order valence-electron chi connectivity index (χ3n) is 5.74. The van der Waals surface area contributed by atoms with Crippen LogP contribution in [0.1, 0.15) is 32.8 Å². The van der Waals surface area contributed by atoms with Gasteiger partial charge in [-0.15, -0.1) is 0 Å². The molecule has 8 nitrogen and oxygen atoms in total. The second kappa shape index (κ2) is 6.68. The number of urea groups is 1. The van der Waals surface area contributed by atoms with E-state index >= 15 is 0 Å². The van der Waals surface area contributed by atoms with Gasteiger partial charge in [0.25, 0.3) is 5.91 Å². The SMILES string of the molecule is C[C@@H]1C[C@H](C)CN(C(=O)CN2C(=O)N[C@](C)(c3ccc4c(c3)OCO4)C2=O)C1. The van der Waals surface area contributed by atoms with Gasteiger partial charge in [-0.25, -0.2) is 4.79 Å². The molecule has 3 heterocycles. The first-order chi connectivity index (χ1) is 13.3. The molecule has 0 radical (unpaired) electrons. The maximum atomic E-state index is 13.1. The predicted molar refractivity (Wildman–Crippen MR) is 99.7 cm³/mol. The zero-order valence-electron chi connectivity index (χ0n) is 16.4. The van der Waals surface area contributed by atoms with Crippen LogP contribution in [-0.2, 0) is 15.1 Å². The van der Waals surface area contributed by atoms with Crippen molar-refractivity contribution in [3.05, 3.63) is 23.8 Å². The molecule has 0 aromatic heterocycles. The Bertz CT molecular complexity index is 831. The minimum absolute atomic E-state index is 0.128. The molecule has 3 atom stereocenters. The molecule has 2 fully saturated rings. The molecule has 28 heavy (non-hydrogen) atoms. The second-order valence-corrected chi connectivity index (χ2v) is 8.26. The van der Waals surface area contributed by atoms with Gasteiger partial charge in [0.15, 0.2) is 11.5 Å². The second-order valence-electron chi connectivity index (χ2n) is 8.26. The molecule has 150 valence electrons. The van der Waals surface area contributed by atoms with Crippen molar-refractivity contribution in [2.24, 2.45) is 11.8 Å². The Morgan fingerprint density at radius 1 is 1.18 bits per heavy atom. The van der Waals surface area contributed by atoms with Crippen LogP contribution in [-0.4, -0.2) is 54.1 Å². The van der Waals surface area contributed by atoms with E-state index in [4.69, 9.17) is 9.47 Å². The van der Waals surface area contributed by atoms with Gasteiger partial charge in [-0.05, 0) is 42.9 Å². The minimum Gasteiger partial charge on any atom is -0.454 e. The quantitative estimate of drug-likeness (QED) is 0.798. The average molecular weight is 387 g/mol. The van der Waals surface area contributed by atoms with E-state index in [0.717, 1.165) is 11.3 Å². The van der Waals surface area contributed by atoms with Crippen molar-refractivity contribution < 1.29 is 23.9 Å². The maximum Gasteiger partial charge on any atom is 0.325 e. The summed E-state index contributed by atoms with van der Waals surface area (Å²) in [5.41, 5.74) is -0.661. The summed E-state index contributed by atoms with van der Waals surface area (Å²) in [4.78, 5) is 41.1. The third-order valence-corrected chi connectivity index (χ3v) is 5.74. The fourth-order valence-corrected chi connectivity index (χ4v) is 4.35. The molecule has 1 aromatic rings. The molecule has 4 amide bonds. The summed E-state index contributed by atoms with van der Waals surface area (Å²) >= 11 is 0. The number of hydrogen-bond donors (Lipinski definition) is 1. The molecule has 3 aliphatic rings. The number of piperidine rings is 1. The van der Waals surface area contributed by atoms with Gasteiger partial charge < -0.3 is 19.7 Å². The van der Waals surface area contributed by atoms with Crippen molar-refractivity contribution in [3.63, 3.8) is 0 Å². The molecule has 4 rings (SSSR count). The van der Waals surface area contributed by atoms with Crippen LogP contribution in [0, 0.1) is 11.8 Å². The third kappa shape index (κ3) is 3.06. The Morgan fingerprint density at radius 2 is 1.86 bits per heavy atom. The lowest BCUT2D eigenvalue weighted by atomic mass is 9.91. The number of amides is 4. The first-order valence-corrected chi connectivity index (χ1v) is 9.60. The number of carbonyl (C=O) groups is 3. The van der Waals surface area contributed by atoms with E-state index in [1.54, 1.807) is 30.0 Å². The highest BCUT2D eigenvalue weighted by molar-refractivity contribution is 6.09. The van der Waals surface area contributed by atoms with E-state index in [1.165, 1.54) is 0 Å². The number of rotatable bonds is 3. The van der Waals surface area contributed by atoms with Crippen LogP contribution in [0.5, 0.6) is 11.5 Å². The van der Waals surface area contributed by atoms with Crippen molar-refractivity contribution in [2.75, 3.05) is 26.4 Å². The molecule has 0 saturated carbocycles. The highest BCUT2D eigenvalue weighted by Crippen LogP contribution is 2.37. The Labute approximate surface area is 163 Å². The first kappa shape index (κ1) is 18.6. The van der Waals surface area contributed by atoms with Gasteiger partial charge in [0.1, 0.15) is 12.1 Å². The summed E-state index contributed by atoms with van der Waals surface area (Å²) in [6.07, 6.45) is 1.08. The van der Waals surface area contributed by atoms with Crippen LogP contribution in [0.2, 0.25) is 0 Å². The number of nitrogens with one attached hydrogen (secondary N) is 1. The molecule has 0 aliphatic carbocycles. The van der Waals surface area contributed by atoms with Gasteiger partial charge in [0.05, 0.1) is 0 Å². The van der Waals surface area contributed by atoms with E-state index in [1.807, 2.05) is 0 Å². The number of imide groups is 1. The summed E-state index contributed by atoms with van der Waals surface area (Å²) in [6, 6.07) is 4.58. The van der Waals surface area contributed by atoms with Crippen molar-refractivity contribution in [3.8, 4) is 11.5 Å². The molecule has 1 aromatic carbocycles. The minimum atomic E-state index is -1.25. The maximum absolute atomic E-state index is 13.1. The zero-order valence-corrected chi connectivity index (χ0v) is 16.4. The van der Waals surface area contributed by atoms with Crippen LogP contribution < -0.4 is 14.8 Å². The van der Waals surface area contributed by atoms with Crippen LogP contribution in [0.15, 0.2) is 18.2 Å². The molecular formula is C20H25N3O5. The number of hydrogen-bond acceptors (Lipinski definition) is 5. The van der Waals surface area contributed by atoms with Crippen LogP contribution in [0.3, 0.4) is 0 Å². The monoisotopic (exact) mass is 387 g/mol. The molecule has 8 heteroatoms. The Balaban J connectivity index is 1.51. The number of fused-ring (bicyclic) bond motifs is 1. The van der Waals surface area contributed by atoms with Crippen LogP contribution in [0.25, 0.3) is 0 Å². The van der Waals surface area contributed by atoms with Gasteiger partial charge in [-0.1, -0.05) is 19.9 Å². The zero-order chi connectivity index (χ0) is 20.1. The van der Waals surface area contributed by atoms with Gasteiger partial charge in [-0.3, -0.25) is 14.5 Å². The van der Waals surface area contributed by atoms with Crippen molar-refractivity contribution >= 4 is 17.8 Å². The van der Waals surface area contributed by atoms with Crippen molar-refractivity contribution in [1.29, 1.82) is 0 Å². The van der Waals surface area contributed by atoms with Crippen LogP contribution in [0.4, 0.5) is 4.79 Å². The number of benzene rings is 1. The van der Waals surface area contributed by atoms with E-state index in [-0.39, 0.29) is 19.2 Å². The summed E-state index contributed by atoms with van der Waals surface area (Å²) < 4.78 is 10.7. The number of carbonyl (C=O) groups excluding carboxylic acids is 3. The van der Waals surface area contributed by atoms with E-state index in [2.05, 4.69) is 19.2 Å². The molecule has 1 N–H and O–H groups in total. The standard InChI is InChI=1S/C20H25N3O5/c1-12-6-13(2)9-22(8-12)17(24)10-23-18(25)20(3,21-19(23)26)14-4-5-15-16(7-14)28-11-27-15/h4-5,7,12-13H,6,8-11H2,1-3H3,(H,21,26)/t12-,13+,20-/m1/s1. The number of ether oxygens (including phenoxy) is 2. The Morgan fingerprint density at radius 3 is 2.57 bits per heavy atom. The molecule has 0 unspecified atom stereocenters. The molecule has 0 bridgehead atoms. The number of likely N-dealkylation sites (tertiary alicyclic amines) is 1. The van der Waals surface area contributed by atoms with E-state index < -0.39 is 17.5 Å². The first-order valence-electron chi connectivity index (χ1n) is 9.60. The van der Waals surface area contributed by atoms with E-state index in [9.17, 15) is 14.4 Å². The summed E-state index contributed by atoms with van der Waals surface area (Å²) in [5.74, 6) is 1.32. The fraction of sp³-hybridized carbons (Fsp3) is 0.550. The van der Waals surface area contributed by atoms with Crippen molar-refractivity contribution in [2.45, 2.75) is 32.7 Å². The molecule has 0 spiro atoms. The summed E-state index contributed by atoms with van der Waals surface area (Å²) in [7, 11) is 0. The lowest BCUT2D eigenvalue weighted by Crippen LogP contribution is -2.48. The Kier molecular flexibility index (Phi) is 4.44. The lowest BCUT2D eigenvalue weighted by molar-refractivity contribution is -0.140. The Hall–Kier alpha value is -2.77. The van der Waals surface area contributed by atoms with Crippen LogP contribution >= 0.6 is 0 Å². The highest BCUT2D eigenvalue weighted by atomic mass is 16.7. The normalized spacial score (nSPS) is 29.2. The summed E-state index contributed by atoms with van der Waals surface area (Å²) in [5, 5.41) is 2.73. The van der Waals surface area contributed by atoms with Gasteiger partial charge in [0.2, 0.25) is 12.7 Å². The fourth-order valence-electron chi connectivity index (χ4n) is 4.35.